The van der Waals surface area contributed by atoms with Crippen molar-refractivity contribution in [3.63, 3.8) is 0 Å². The summed E-state index contributed by atoms with van der Waals surface area (Å²) in [6.07, 6.45) is 2.19. The Morgan fingerprint density at radius 2 is 2.12 bits per heavy atom. The number of hydrogen-bond acceptors (Lipinski definition) is 1. The van der Waals surface area contributed by atoms with Crippen LogP contribution in [0.2, 0.25) is 0 Å². The quantitative estimate of drug-likeness (QED) is 0.708. The van der Waals surface area contributed by atoms with E-state index in [4.69, 9.17) is 4.74 Å². The van der Waals surface area contributed by atoms with Gasteiger partial charge in [-0.2, -0.15) is 0 Å². The third-order valence-corrected chi connectivity index (χ3v) is 3.06. The van der Waals surface area contributed by atoms with Crippen molar-refractivity contribution in [2.24, 2.45) is 5.92 Å². The normalized spacial score (nSPS) is 12.5. The van der Waals surface area contributed by atoms with Crippen LogP contribution in [0.25, 0.3) is 0 Å². The second kappa shape index (κ2) is 6.89. The topological polar surface area (TPSA) is 9.23 Å². The minimum absolute atomic E-state index is 0.211. The summed E-state index contributed by atoms with van der Waals surface area (Å²) in [7, 11) is 0. The molecule has 0 aromatic heterocycles. The van der Waals surface area contributed by atoms with Crippen LogP contribution in [-0.2, 0) is 0 Å². The predicted molar refractivity (Wildman–Crippen MR) is 68.8 cm³/mol. The van der Waals surface area contributed by atoms with E-state index >= 15 is 0 Å². The Labute approximate surface area is 105 Å². The zero-order valence-corrected chi connectivity index (χ0v) is 11.4. The lowest BCUT2D eigenvalue weighted by atomic mass is 10.1. The molecule has 1 nitrogen and oxygen atoms in total. The number of benzene rings is 1. The van der Waals surface area contributed by atoms with Crippen molar-refractivity contribution in [2.75, 3.05) is 11.9 Å². The highest BCUT2D eigenvalue weighted by molar-refractivity contribution is 9.09. The smallest absolute Gasteiger partial charge is 0.123 e. The summed E-state index contributed by atoms with van der Waals surface area (Å²) in [6, 6.07) is 4.63. The highest BCUT2D eigenvalue weighted by Gasteiger charge is 2.04. The molecule has 1 atom stereocenters. The average molecular weight is 289 g/mol. The highest BCUT2D eigenvalue weighted by atomic mass is 79.9. The van der Waals surface area contributed by atoms with Crippen LogP contribution in [0.3, 0.4) is 0 Å². The Bertz CT molecular complexity index is 328. The van der Waals surface area contributed by atoms with Crippen molar-refractivity contribution in [3.05, 3.63) is 29.6 Å². The summed E-state index contributed by atoms with van der Waals surface area (Å²) < 4.78 is 18.5. The van der Waals surface area contributed by atoms with Gasteiger partial charge in [-0.15, -0.1) is 0 Å². The van der Waals surface area contributed by atoms with Gasteiger partial charge in [0.2, 0.25) is 0 Å². The van der Waals surface area contributed by atoms with Crippen LogP contribution in [0.5, 0.6) is 5.75 Å². The van der Waals surface area contributed by atoms with E-state index in [0.29, 0.717) is 12.5 Å². The summed E-state index contributed by atoms with van der Waals surface area (Å²) in [4.78, 5) is 0. The number of aryl methyl sites for hydroxylation is 1. The Morgan fingerprint density at radius 3 is 2.75 bits per heavy atom. The van der Waals surface area contributed by atoms with E-state index in [-0.39, 0.29) is 5.82 Å². The fourth-order valence-corrected chi connectivity index (χ4v) is 2.26. The Hall–Kier alpha value is -0.570. The molecule has 0 aliphatic rings. The van der Waals surface area contributed by atoms with Gasteiger partial charge in [0.05, 0.1) is 6.61 Å². The van der Waals surface area contributed by atoms with Crippen molar-refractivity contribution >= 4 is 15.9 Å². The predicted octanol–water partition coefficient (Wildman–Crippen LogP) is 4.32. The minimum Gasteiger partial charge on any atom is -0.493 e. The van der Waals surface area contributed by atoms with Crippen LogP contribution in [0, 0.1) is 18.7 Å². The number of rotatable bonds is 6. The molecule has 0 saturated carbocycles. The van der Waals surface area contributed by atoms with Gasteiger partial charge in [0, 0.05) is 5.33 Å². The monoisotopic (exact) mass is 288 g/mol. The molecule has 1 aromatic rings. The fraction of sp³-hybridized carbons (Fsp3) is 0.538. The standard InChI is InChI=1S/C13H18BrFO/c1-10(5-7-14)6-8-16-13-4-3-12(15)9-11(13)2/h3-4,9-10H,5-8H2,1-2H3. The van der Waals surface area contributed by atoms with E-state index in [1.165, 1.54) is 12.1 Å². The molecule has 3 heteroatoms. The molecular formula is C13H18BrFO. The van der Waals surface area contributed by atoms with Gasteiger partial charge in [-0.25, -0.2) is 4.39 Å². The van der Waals surface area contributed by atoms with Gasteiger partial charge < -0.3 is 4.74 Å². The largest absolute Gasteiger partial charge is 0.493 e. The zero-order valence-electron chi connectivity index (χ0n) is 9.80. The van der Waals surface area contributed by atoms with Gasteiger partial charge in [0.1, 0.15) is 11.6 Å². The zero-order chi connectivity index (χ0) is 12.0. The summed E-state index contributed by atoms with van der Waals surface area (Å²) in [5.74, 6) is 1.23. The highest BCUT2D eigenvalue weighted by Crippen LogP contribution is 2.19. The molecule has 0 heterocycles. The van der Waals surface area contributed by atoms with Gasteiger partial charge >= 0.3 is 0 Å². The van der Waals surface area contributed by atoms with E-state index < -0.39 is 0 Å². The lowest BCUT2D eigenvalue weighted by Gasteiger charge is -2.12. The van der Waals surface area contributed by atoms with Gasteiger partial charge in [-0.05, 0) is 49.4 Å². The van der Waals surface area contributed by atoms with Crippen molar-refractivity contribution in [1.29, 1.82) is 0 Å². The Balaban J connectivity index is 2.37. The van der Waals surface area contributed by atoms with Crippen molar-refractivity contribution < 1.29 is 9.13 Å². The first-order valence-electron chi connectivity index (χ1n) is 5.58. The van der Waals surface area contributed by atoms with Crippen LogP contribution in [0.15, 0.2) is 18.2 Å². The summed E-state index contributed by atoms with van der Waals surface area (Å²) in [5.41, 5.74) is 0.855. The lowest BCUT2D eigenvalue weighted by Crippen LogP contribution is -2.05. The van der Waals surface area contributed by atoms with Crippen LogP contribution in [0.1, 0.15) is 25.3 Å². The Kier molecular flexibility index (Phi) is 5.81. The minimum atomic E-state index is -0.211. The first-order valence-corrected chi connectivity index (χ1v) is 6.70. The lowest BCUT2D eigenvalue weighted by molar-refractivity contribution is 0.280. The first kappa shape index (κ1) is 13.5. The summed E-state index contributed by atoms with van der Waals surface area (Å²) >= 11 is 3.42. The summed E-state index contributed by atoms with van der Waals surface area (Å²) in [5, 5.41) is 1.03. The third kappa shape index (κ3) is 4.52. The molecule has 90 valence electrons. The molecular weight excluding hydrogens is 271 g/mol. The van der Waals surface area contributed by atoms with Crippen molar-refractivity contribution in [1.82, 2.24) is 0 Å². The van der Waals surface area contributed by atoms with Gasteiger partial charge in [0.15, 0.2) is 0 Å². The maximum absolute atomic E-state index is 12.8. The molecule has 0 N–H and O–H groups in total. The SMILES string of the molecule is Cc1cc(F)ccc1OCCC(C)CCBr. The molecule has 1 unspecified atom stereocenters. The molecule has 0 amide bonds. The number of alkyl halides is 1. The molecule has 16 heavy (non-hydrogen) atoms. The van der Waals surface area contributed by atoms with E-state index in [1.54, 1.807) is 6.07 Å². The van der Waals surface area contributed by atoms with Gasteiger partial charge in [0.25, 0.3) is 0 Å². The van der Waals surface area contributed by atoms with Crippen LogP contribution in [-0.4, -0.2) is 11.9 Å². The van der Waals surface area contributed by atoms with Crippen LogP contribution < -0.4 is 4.74 Å². The second-order valence-corrected chi connectivity index (χ2v) is 4.92. The molecule has 0 saturated heterocycles. The molecule has 0 radical (unpaired) electrons. The van der Waals surface area contributed by atoms with Gasteiger partial charge in [-0.1, -0.05) is 22.9 Å². The number of hydrogen-bond donors (Lipinski definition) is 0. The molecule has 0 bridgehead atoms. The molecule has 0 aliphatic heterocycles. The van der Waals surface area contributed by atoms with E-state index in [9.17, 15) is 4.39 Å². The average Bonchev–Trinajstić information content (AvgIpc) is 2.22. The van der Waals surface area contributed by atoms with Crippen LogP contribution in [0.4, 0.5) is 4.39 Å². The number of halogens is 2. The summed E-state index contributed by atoms with van der Waals surface area (Å²) in [6.45, 7) is 4.77. The fourth-order valence-electron chi connectivity index (χ4n) is 1.48. The van der Waals surface area contributed by atoms with Gasteiger partial charge in [-0.3, -0.25) is 0 Å². The maximum atomic E-state index is 12.8. The van der Waals surface area contributed by atoms with E-state index in [1.807, 2.05) is 6.92 Å². The molecule has 1 aromatic carbocycles. The van der Waals surface area contributed by atoms with E-state index in [0.717, 1.165) is 29.5 Å². The maximum Gasteiger partial charge on any atom is 0.123 e. The molecule has 0 aliphatic carbocycles. The molecule has 1 rings (SSSR count). The molecule has 0 fully saturated rings. The number of ether oxygens (including phenoxy) is 1. The Morgan fingerprint density at radius 1 is 1.38 bits per heavy atom. The van der Waals surface area contributed by atoms with E-state index in [2.05, 4.69) is 22.9 Å². The van der Waals surface area contributed by atoms with Crippen LogP contribution >= 0.6 is 15.9 Å². The first-order chi connectivity index (χ1) is 7.63. The second-order valence-electron chi connectivity index (χ2n) is 4.13. The molecule has 0 spiro atoms. The van der Waals surface area contributed by atoms with Crippen molar-refractivity contribution in [2.45, 2.75) is 26.7 Å². The van der Waals surface area contributed by atoms with Crippen molar-refractivity contribution in [3.8, 4) is 5.75 Å². The third-order valence-electron chi connectivity index (χ3n) is 2.61.